The zero-order valence-electron chi connectivity index (χ0n) is 9.53. The van der Waals surface area contributed by atoms with Crippen molar-refractivity contribution in [2.75, 3.05) is 13.1 Å². The molecule has 2 rings (SSSR count). The molecule has 0 N–H and O–H groups in total. The van der Waals surface area contributed by atoms with Crippen molar-refractivity contribution in [3.05, 3.63) is 11.6 Å². The zero-order valence-corrected chi connectivity index (χ0v) is 9.53. The summed E-state index contributed by atoms with van der Waals surface area (Å²) in [5.74, 6) is 1.21. The first-order valence-corrected chi connectivity index (χ1v) is 5.43. The van der Waals surface area contributed by atoms with Gasteiger partial charge in [-0.2, -0.15) is 0 Å². The first kappa shape index (κ1) is 11.4. The molecule has 1 aliphatic rings. The van der Waals surface area contributed by atoms with Crippen LogP contribution in [0.3, 0.4) is 0 Å². The van der Waals surface area contributed by atoms with Crippen molar-refractivity contribution in [2.24, 2.45) is 13.0 Å². The molecule has 2 heterocycles. The number of rotatable bonds is 3. The molecule has 1 aliphatic heterocycles. The van der Waals surface area contributed by atoms with Crippen LogP contribution < -0.4 is 0 Å². The first-order chi connectivity index (χ1) is 7.58. The van der Waals surface area contributed by atoms with E-state index >= 15 is 0 Å². The Balaban J connectivity index is 1.94. The standard InChI is InChI=1S/C10H16F2N4/c1-7-13-14-9(15(7)2)6-16-4-3-8(5-16)10(11)12/h8,10H,3-6H2,1-2H3. The molecule has 0 saturated carbocycles. The van der Waals surface area contributed by atoms with E-state index in [2.05, 4.69) is 10.2 Å². The Kier molecular flexibility index (Phi) is 3.18. The monoisotopic (exact) mass is 230 g/mol. The zero-order chi connectivity index (χ0) is 11.7. The molecule has 16 heavy (non-hydrogen) atoms. The number of likely N-dealkylation sites (tertiary alicyclic amines) is 1. The highest BCUT2D eigenvalue weighted by atomic mass is 19.3. The quantitative estimate of drug-likeness (QED) is 0.782. The second-order valence-corrected chi connectivity index (χ2v) is 4.34. The lowest BCUT2D eigenvalue weighted by atomic mass is 10.1. The van der Waals surface area contributed by atoms with E-state index in [9.17, 15) is 8.78 Å². The molecule has 1 aromatic heterocycles. The van der Waals surface area contributed by atoms with Gasteiger partial charge in [0.1, 0.15) is 11.6 Å². The predicted octanol–water partition coefficient (Wildman–Crippen LogP) is 1.21. The number of nitrogens with zero attached hydrogens (tertiary/aromatic N) is 4. The van der Waals surface area contributed by atoms with E-state index in [1.807, 2.05) is 23.4 Å². The number of alkyl halides is 2. The van der Waals surface area contributed by atoms with Crippen LogP contribution in [0.2, 0.25) is 0 Å². The number of hydrogen-bond donors (Lipinski definition) is 0. The van der Waals surface area contributed by atoms with Crippen LogP contribution in [0.15, 0.2) is 0 Å². The fourth-order valence-electron chi connectivity index (χ4n) is 2.00. The van der Waals surface area contributed by atoms with Gasteiger partial charge in [0.05, 0.1) is 6.54 Å². The van der Waals surface area contributed by atoms with Crippen LogP contribution in [0, 0.1) is 12.8 Å². The molecule has 6 heteroatoms. The Hall–Kier alpha value is -1.04. The van der Waals surface area contributed by atoms with E-state index in [-0.39, 0.29) is 0 Å². The van der Waals surface area contributed by atoms with Crippen molar-refractivity contribution in [3.63, 3.8) is 0 Å². The third kappa shape index (κ3) is 2.21. The second-order valence-electron chi connectivity index (χ2n) is 4.34. The predicted molar refractivity (Wildman–Crippen MR) is 55.1 cm³/mol. The minimum atomic E-state index is -2.20. The number of aryl methyl sites for hydroxylation is 1. The van der Waals surface area contributed by atoms with E-state index in [1.165, 1.54) is 0 Å². The van der Waals surface area contributed by atoms with Crippen molar-refractivity contribution in [2.45, 2.75) is 26.3 Å². The normalized spacial score (nSPS) is 22.2. The summed E-state index contributed by atoms with van der Waals surface area (Å²) in [6, 6.07) is 0. The Morgan fingerprint density at radius 3 is 2.69 bits per heavy atom. The van der Waals surface area contributed by atoms with E-state index in [4.69, 9.17) is 0 Å². The minimum Gasteiger partial charge on any atom is -0.317 e. The van der Waals surface area contributed by atoms with Crippen LogP contribution >= 0.6 is 0 Å². The molecule has 0 amide bonds. The molecule has 1 fully saturated rings. The molecule has 0 aromatic carbocycles. The van der Waals surface area contributed by atoms with Crippen LogP contribution in [0.1, 0.15) is 18.1 Å². The molecule has 4 nitrogen and oxygen atoms in total. The van der Waals surface area contributed by atoms with Crippen LogP contribution in [0.4, 0.5) is 8.78 Å². The molecule has 1 aromatic rings. The van der Waals surface area contributed by atoms with E-state index < -0.39 is 12.3 Å². The van der Waals surface area contributed by atoms with Crippen LogP contribution in [-0.4, -0.2) is 39.2 Å². The molecule has 0 bridgehead atoms. The molecular weight excluding hydrogens is 214 g/mol. The topological polar surface area (TPSA) is 34.0 Å². The van der Waals surface area contributed by atoms with Gasteiger partial charge in [-0.15, -0.1) is 10.2 Å². The summed E-state index contributed by atoms with van der Waals surface area (Å²) < 4.78 is 26.8. The smallest absolute Gasteiger partial charge is 0.242 e. The number of aromatic nitrogens is 3. The van der Waals surface area contributed by atoms with Crippen molar-refractivity contribution in [3.8, 4) is 0 Å². The Bertz CT molecular complexity index is 364. The van der Waals surface area contributed by atoms with Crippen molar-refractivity contribution in [1.29, 1.82) is 0 Å². The molecule has 0 aliphatic carbocycles. The van der Waals surface area contributed by atoms with Gasteiger partial charge < -0.3 is 4.57 Å². The van der Waals surface area contributed by atoms with E-state index in [1.54, 1.807) is 0 Å². The minimum absolute atomic E-state index is 0.462. The largest absolute Gasteiger partial charge is 0.317 e. The SMILES string of the molecule is Cc1nnc(CN2CCC(C(F)F)C2)n1C. The van der Waals surface area contributed by atoms with Crippen LogP contribution in [-0.2, 0) is 13.6 Å². The fourth-order valence-corrected chi connectivity index (χ4v) is 2.00. The first-order valence-electron chi connectivity index (χ1n) is 5.43. The van der Waals surface area contributed by atoms with Gasteiger partial charge in [-0.25, -0.2) is 8.78 Å². The van der Waals surface area contributed by atoms with Gasteiger partial charge in [0.15, 0.2) is 0 Å². The fraction of sp³-hybridized carbons (Fsp3) is 0.800. The molecule has 1 saturated heterocycles. The summed E-state index contributed by atoms with van der Waals surface area (Å²) in [6.45, 7) is 3.67. The average Bonchev–Trinajstić information content (AvgIpc) is 2.81. The molecule has 90 valence electrons. The highest BCUT2D eigenvalue weighted by molar-refractivity contribution is 4.93. The van der Waals surface area contributed by atoms with Gasteiger partial charge in [-0.05, 0) is 19.9 Å². The maximum Gasteiger partial charge on any atom is 0.242 e. The maximum atomic E-state index is 12.5. The molecule has 0 radical (unpaired) electrons. The number of hydrogen-bond acceptors (Lipinski definition) is 3. The highest BCUT2D eigenvalue weighted by Crippen LogP contribution is 2.23. The second kappa shape index (κ2) is 4.45. The Morgan fingerprint density at radius 2 is 2.19 bits per heavy atom. The van der Waals surface area contributed by atoms with Gasteiger partial charge in [0.2, 0.25) is 6.43 Å². The van der Waals surface area contributed by atoms with Crippen LogP contribution in [0.5, 0.6) is 0 Å². The summed E-state index contributed by atoms with van der Waals surface area (Å²) in [6.07, 6.45) is -1.62. The van der Waals surface area contributed by atoms with Gasteiger partial charge in [0, 0.05) is 19.5 Å². The summed E-state index contributed by atoms with van der Waals surface area (Å²) in [4.78, 5) is 2.01. The molecular formula is C10H16F2N4. The van der Waals surface area contributed by atoms with E-state index in [0.29, 0.717) is 19.5 Å². The summed E-state index contributed by atoms with van der Waals surface area (Å²) >= 11 is 0. The van der Waals surface area contributed by atoms with Crippen molar-refractivity contribution >= 4 is 0 Å². The van der Waals surface area contributed by atoms with Gasteiger partial charge >= 0.3 is 0 Å². The lowest BCUT2D eigenvalue weighted by Crippen LogP contribution is -2.23. The third-order valence-electron chi connectivity index (χ3n) is 3.21. The summed E-state index contributed by atoms with van der Waals surface area (Å²) in [7, 11) is 1.89. The Labute approximate surface area is 93.3 Å². The lowest BCUT2D eigenvalue weighted by Gasteiger charge is -2.14. The van der Waals surface area contributed by atoms with E-state index in [0.717, 1.165) is 18.2 Å². The van der Waals surface area contributed by atoms with Gasteiger partial charge in [-0.1, -0.05) is 0 Å². The maximum absolute atomic E-state index is 12.5. The lowest BCUT2D eigenvalue weighted by molar-refractivity contribution is 0.0800. The molecule has 1 atom stereocenters. The van der Waals surface area contributed by atoms with Crippen LogP contribution in [0.25, 0.3) is 0 Å². The molecule has 1 unspecified atom stereocenters. The van der Waals surface area contributed by atoms with Crippen molar-refractivity contribution in [1.82, 2.24) is 19.7 Å². The third-order valence-corrected chi connectivity index (χ3v) is 3.21. The molecule has 0 spiro atoms. The summed E-state index contributed by atoms with van der Waals surface area (Å²) in [5, 5.41) is 7.98. The Morgan fingerprint density at radius 1 is 1.44 bits per heavy atom. The highest BCUT2D eigenvalue weighted by Gasteiger charge is 2.29. The summed E-state index contributed by atoms with van der Waals surface area (Å²) in [5.41, 5.74) is 0. The van der Waals surface area contributed by atoms with Crippen molar-refractivity contribution < 1.29 is 8.78 Å². The van der Waals surface area contributed by atoms with Gasteiger partial charge in [-0.3, -0.25) is 4.90 Å². The van der Waals surface area contributed by atoms with Gasteiger partial charge in [0.25, 0.3) is 0 Å². The number of halogens is 2. The average molecular weight is 230 g/mol.